The van der Waals surface area contributed by atoms with Crippen molar-refractivity contribution in [2.24, 2.45) is 5.92 Å². The van der Waals surface area contributed by atoms with Crippen molar-refractivity contribution in [3.8, 4) is 0 Å². The molecular weight excluding hydrogens is 390 g/mol. The van der Waals surface area contributed by atoms with Gasteiger partial charge in [-0.25, -0.2) is 8.42 Å². The second-order valence-corrected chi connectivity index (χ2v) is 9.38. The molecule has 2 aliphatic rings. The van der Waals surface area contributed by atoms with Crippen LogP contribution in [0.25, 0.3) is 0 Å². The summed E-state index contributed by atoms with van der Waals surface area (Å²) < 4.78 is 26.8. The van der Waals surface area contributed by atoms with Crippen LogP contribution in [0.5, 0.6) is 0 Å². The van der Waals surface area contributed by atoms with Crippen LogP contribution in [0.3, 0.4) is 0 Å². The molecule has 148 valence electrons. The summed E-state index contributed by atoms with van der Waals surface area (Å²) in [7, 11) is -3.65. The minimum absolute atomic E-state index is 0.0147. The number of halogens is 1. The monoisotopic (exact) mass is 413 g/mol. The minimum Gasteiger partial charge on any atom is -0.273 e. The van der Waals surface area contributed by atoms with E-state index in [1.54, 1.807) is 0 Å². The van der Waals surface area contributed by atoms with Gasteiger partial charge in [0.2, 0.25) is 15.9 Å². The molecule has 0 spiro atoms. The lowest BCUT2D eigenvalue weighted by Crippen LogP contribution is -2.45. The lowest BCUT2D eigenvalue weighted by atomic mass is 9.89. The molecule has 0 bridgehead atoms. The summed E-state index contributed by atoms with van der Waals surface area (Å²) >= 11 is 6.08. The van der Waals surface area contributed by atoms with Crippen LogP contribution in [0.2, 0.25) is 5.02 Å². The van der Waals surface area contributed by atoms with Gasteiger partial charge in [0, 0.05) is 19.0 Å². The van der Waals surface area contributed by atoms with E-state index < -0.39 is 15.9 Å². The molecule has 0 aromatic heterocycles. The number of hydrazine groups is 1. The molecule has 2 fully saturated rings. The summed E-state index contributed by atoms with van der Waals surface area (Å²) in [6, 6.07) is 4.05. The van der Waals surface area contributed by atoms with Crippen LogP contribution in [-0.4, -0.2) is 37.6 Å². The molecule has 1 saturated heterocycles. The van der Waals surface area contributed by atoms with Crippen molar-refractivity contribution in [1.82, 2.24) is 15.2 Å². The van der Waals surface area contributed by atoms with E-state index in [1.165, 1.54) is 22.5 Å². The number of rotatable bonds is 4. The molecule has 7 nitrogen and oxygen atoms in total. The van der Waals surface area contributed by atoms with Crippen molar-refractivity contribution in [3.05, 3.63) is 28.8 Å². The van der Waals surface area contributed by atoms with Gasteiger partial charge in [-0.1, -0.05) is 30.9 Å². The standard InChI is InChI=1S/C18H24ClN3O4S/c19-16-9-8-14(27(25,26)22-10-4-5-11-22)12-15(16)18(24)21-20-17(23)13-6-2-1-3-7-13/h8-9,12-13H,1-7,10-11H2,(H,20,23)(H,21,24). The fourth-order valence-corrected chi connectivity index (χ4v) is 5.32. The van der Waals surface area contributed by atoms with Crippen LogP contribution in [0.1, 0.15) is 55.3 Å². The fourth-order valence-electron chi connectivity index (χ4n) is 3.57. The van der Waals surface area contributed by atoms with Gasteiger partial charge in [0.05, 0.1) is 15.5 Å². The van der Waals surface area contributed by atoms with Gasteiger partial charge in [0.1, 0.15) is 0 Å². The molecule has 9 heteroatoms. The Balaban J connectivity index is 1.70. The van der Waals surface area contributed by atoms with Gasteiger partial charge >= 0.3 is 0 Å². The predicted octanol–water partition coefficient (Wildman–Crippen LogP) is 2.47. The highest BCUT2D eigenvalue weighted by Gasteiger charge is 2.28. The van der Waals surface area contributed by atoms with Crippen LogP contribution in [0, 0.1) is 5.92 Å². The first-order chi connectivity index (χ1) is 12.9. The Morgan fingerprint density at radius 3 is 2.33 bits per heavy atom. The number of nitrogens with one attached hydrogen (secondary N) is 2. The van der Waals surface area contributed by atoms with Crippen molar-refractivity contribution in [1.29, 1.82) is 0 Å². The zero-order valence-corrected chi connectivity index (χ0v) is 16.6. The van der Waals surface area contributed by atoms with Gasteiger partial charge < -0.3 is 0 Å². The lowest BCUT2D eigenvalue weighted by molar-refractivity contribution is -0.126. The van der Waals surface area contributed by atoms with Crippen molar-refractivity contribution in [2.45, 2.75) is 49.8 Å². The second kappa shape index (κ2) is 8.58. The maximum absolute atomic E-state index is 12.7. The van der Waals surface area contributed by atoms with Gasteiger partial charge in [0.15, 0.2) is 0 Å². The molecule has 0 radical (unpaired) electrons. The van der Waals surface area contributed by atoms with Gasteiger partial charge in [-0.2, -0.15) is 4.31 Å². The maximum atomic E-state index is 12.7. The average molecular weight is 414 g/mol. The van der Waals surface area contributed by atoms with E-state index in [9.17, 15) is 18.0 Å². The summed E-state index contributed by atoms with van der Waals surface area (Å²) in [5, 5.41) is 0.125. The highest BCUT2D eigenvalue weighted by atomic mass is 35.5. The zero-order chi connectivity index (χ0) is 19.4. The predicted molar refractivity (Wildman–Crippen MR) is 102 cm³/mol. The van der Waals surface area contributed by atoms with E-state index in [4.69, 9.17) is 11.6 Å². The number of carbonyl (C=O) groups excluding carboxylic acids is 2. The third-order valence-electron chi connectivity index (χ3n) is 5.16. The van der Waals surface area contributed by atoms with Crippen LogP contribution < -0.4 is 10.9 Å². The molecule has 1 aliphatic carbocycles. The summed E-state index contributed by atoms with van der Waals surface area (Å²) in [5.41, 5.74) is 4.80. The topological polar surface area (TPSA) is 95.6 Å². The molecule has 1 saturated carbocycles. The molecule has 0 unspecified atom stereocenters. The van der Waals surface area contributed by atoms with Gasteiger partial charge in [-0.05, 0) is 43.9 Å². The smallest absolute Gasteiger partial charge is 0.271 e. The van der Waals surface area contributed by atoms with Crippen LogP contribution in [0.4, 0.5) is 0 Å². The zero-order valence-electron chi connectivity index (χ0n) is 15.0. The Hall–Kier alpha value is -1.64. The van der Waals surface area contributed by atoms with E-state index in [0.717, 1.165) is 44.9 Å². The number of sulfonamides is 1. The quantitative estimate of drug-likeness (QED) is 0.741. The summed E-state index contributed by atoms with van der Waals surface area (Å²) in [6.45, 7) is 0.952. The molecule has 27 heavy (non-hydrogen) atoms. The van der Waals surface area contributed by atoms with Crippen molar-refractivity contribution in [2.75, 3.05) is 13.1 Å². The molecule has 1 aromatic rings. The van der Waals surface area contributed by atoms with Crippen LogP contribution >= 0.6 is 11.6 Å². The Labute approximate surface area is 164 Å². The molecule has 2 N–H and O–H groups in total. The highest BCUT2D eigenvalue weighted by molar-refractivity contribution is 7.89. The van der Waals surface area contributed by atoms with E-state index >= 15 is 0 Å². The summed E-state index contributed by atoms with van der Waals surface area (Å²) in [4.78, 5) is 24.6. The Bertz CT molecular complexity index is 816. The number of carbonyl (C=O) groups is 2. The van der Waals surface area contributed by atoms with Crippen molar-refractivity contribution < 1.29 is 18.0 Å². The fraction of sp³-hybridized carbons (Fsp3) is 0.556. The van der Waals surface area contributed by atoms with Gasteiger partial charge in [-0.15, -0.1) is 0 Å². The number of benzene rings is 1. The first-order valence-corrected chi connectivity index (χ1v) is 11.1. The molecule has 1 aliphatic heterocycles. The Kier molecular flexibility index (Phi) is 6.39. The number of hydrogen-bond acceptors (Lipinski definition) is 4. The van der Waals surface area contributed by atoms with E-state index in [-0.39, 0.29) is 27.3 Å². The van der Waals surface area contributed by atoms with Crippen molar-refractivity contribution in [3.63, 3.8) is 0 Å². The highest BCUT2D eigenvalue weighted by Crippen LogP contribution is 2.26. The first-order valence-electron chi connectivity index (χ1n) is 9.29. The largest absolute Gasteiger partial charge is 0.273 e. The van der Waals surface area contributed by atoms with E-state index in [1.807, 2.05) is 0 Å². The molecule has 1 aromatic carbocycles. The van der Waals surface area contributed by atoms with Crippen molar-refractivity contribution >= 4 is 33.4 Å². The molecule has 2 amide bonds. The van der Waals surface area contributed by atoms with Gasteiger partial charge in [-0.3, -0.25) is 20.4 Å². The van der Waals surface area contributed by atoms with Gasteiger partial charge in [0.25, 0.3) is 5.91 Å². The minimum atomic E-state index is -3.65. The van der Waals surface area contributed by atoms with E-state index in [0.29, 0.717) is 13.1 Å². The maximum Gasteiger partial charge on any atom is 0.271 e. The third kappa shape index (κ3) is 4.62. The third-order valence-corrected chi connectivity index (χ3v) is 7.38. The number of nitrogens with zero attached hydrogens (tertiary/aromatic N) is 1. The Morgan fingerprint density at radius 1 is 1.00 bits per heavy atom. The summed E-state index contributed by atoms with van der Waals surface area (Å²) in [5.74, 6) is -0.959. The molecule has 1 heterocycles. The number of hydrogen-bond donors (Lipinski definition) is 2. The average Bonchev–Trinajstić information content (AvgIpc) is 3.22. The van der Waals surface area contributed by atoms with E-state index in [2.05, 4.69) is 10.9 Å². The summed E-state index contributed by atoms with van der Waals surface area (Å²) in [6.07, 6.45) is 6.42. The molecular formula is C18H24ClN3O4S. The SMILES string of the molecule is O=C(NNC(=O)C1CCCCC1)c1cc(S(=O)(=O)N2CCCC2)ccc1Cl. The second-order valence-electron chi connectivity index (χ2n) is 7.03. The molecule has 3 rings (SSSR count). The normalized spacial score (nSPS) is 19.0. The van der Waals surface area contributed by atoms with Crippen LogP contribution in [0.15, 0.2) is 23.1 Å². The van der Waals surface area contributed by atoms with Crippen LogP contribution in [-0.2, 0) is 14.8 Å². The number of amides is 2. The lowest BCUT2D eigenvalue weighted by Gasteiger charge is -2.21. The molecule has 0 atom stereocenters. The first kappa shape index (κ1) is 20.1. The Morgan fingerprint density at radius 2 is 1.67 bits per heavy atom.